The second kappa shape index (κ2) is 14.1. The van der Waals surface area contributed by atoms with Gasteiger partial charge in [-0.15, -0.1) is 0 Å². The van der Waals surface area contributed by atoms with E-state index in [1.54, 1.807) is 0 Å². The molecule has 2 heteroatoms. The minimum absolute atomic E-state index is 1.09. The molecule has 11 rings (SSSR count). The van der Waals surface area contributed by atoms with Crippen LogP contribution in [0.1, 0.15) is 0 Å². The van der Waals surface area contributed by atoms with Crippen molar-refractivity contribution in [2.75, 3.05) is 4.90 Å². The second-order valence-electron chi connectivity index (χ2n) is 14.9. The zero-order valence-electron chi connectivity index (χ0n) is 31.8. The van der Waals surface area contributed by atoms with Crippen molar-refractivity contribution in [1.29, 1.82) is 0 Å². The van der Waals surface area contributed by atoms with Crippen LogP contribution in [0.25, 0.3) is 82.4 Å². The van der Waals surface area contributed by atoms with Crippen LogP contribution in [0.15, 0.2) is 231 Å². The first-order chi connectivity index (χ1) is 28.8. The molecule has 11 aromatic rings. The van der Waals surface area contributed by atoms with Crippen molar-refractivity contribution >= 4 is 60.4 Å². The molecule has 2 nitrogen and oxygen atoms in total. The normalized spacial score (nSPS) is 11.4. The predicted octanol–water partition coefficient (Wildman–Crippen LogP) is 15.6. The molecule has 0 aliphatic heterocycles. The van der Waals surface area contributed by atoms with Gasteiger partial charge in [-0.25, -0.2) is 0 Å². The smallest absolute Gasteiger partial charge is 0.0541 e. The fourth-order valence-electron chi connectivity index (χ4n) is 8.86. The molecule has 10 aromatic carbocycles. The van der Waals surface area contributed by atoms with Crippen LogP contribution in [0.3, 0.4) is 0 Å². The number of rotatable bonds is 7. The monoisotopic (exact) mass is 738 g/mol. The highest BCUT2D eigenvalue weighted by Gasteiger charge is 2.19. The molecule has 58 heavy (non-hydrogen) atoms. The highest BCUT2D eigenvalue weighted by atomic mass is 15.1. The molecule has 0 amide bonds. The Bertz CT molecular complexity index is 3200. The topological polar surface area (TPSA) is 8.17 Å². The minimum atomic E-state index is 1.09. The van der Waals surface area contributed by atoms with Gasteiger partial charge in [0.15, 0.2) is 0 Å². The van der Waals surface area contributed by atoms with Gasteiger partial charge in [-0.3, -0.25) is 0 Å². The fraction of sp³-hybridized carbons (Fsp3) is 0. The third-order valence-electron chi connectivity index (χ3n) is 11.6. The summed E-state index contributed by atoms with van der Waals surface area (Å²) in [5.74, 6) is 0. The summed E-state index contributed by atoms with van der Waals surface area (Å²) in [6.07, 6.45) is 0. The van der Waals surface area contributed by atoms with Crippen LogP contribution in [-0.4, -0.2) is 4.57 Å². The summed E-state index contributed by atoms with van der Waals surface area (Å²) in [7, 11) is 0. The van der Waals surface area contributed by atoms with Gasteiger partial charge in [-0.05, 0) is 104 Å². The number of hydrogen-bond acceptors (Lipinski definition) is 1. The van der Waals surface area contributed by atoms with Crippen LogP contribution in [0, 0.1) is 0 Å². The molecule has 0 aliphatic carbocycles. The van der Waals surface area contributed by atoms with Gasteiger partial charge in [-0.1, -0.05) is 176 Å². The molecule has 1 heterocycles. The molecule has 0 atom stereocenters. The van der Waals surface area contributed by atoms with Crippen LogP contribution in [0.4, 0.5) is 17.1 Å². The SMILES string of the molecule is c1ccc(N(c2ccc(-c3ccc(-c4cccc5ccccc45)cc3)cc2)c2ccc(-n3c4ccccc4c4ccccc43)cc2)c(-c2cccc3ccccc23)c1. The van der Waals surface area contributed by atoms with Crippen LogP contribution >= 0.6 is 0 Å². The van der Waals surface area contributed by atoms with Crippen molar-refractivity contribution in [1.82, 2.24) is 4.57 Å². The van der Waals surface area contributed by atoms with Gasteiger partial charge < -0.3 is 9.47 Å². The van der Waals surface area contributed by atoms with E-state index in [9.17, 15) is 0 Å². The molecule has 0 fully saturated rings. The molecule has 0 saturated carbocycles. The Kier molecular flexibility index (Phi) is 8.19. The summed E-state index contributed by atoms with van der Waals surface area (Å²) in [6.45, 7) is 0. The molecule has 0 N–H and O–H groups in total. The van der Waals surface area contributed by atoms with E-state index in [0.717, 1.165) is 22.7 Å². The van der Waals surface area contributed by atoms with E-state index in [1.807, 2.05) is 0 Å². The molecule has 0 spiro atoms. The molecule has 1 aromatic heterocycles. The van der Waals surface area contributed by atoms with E-state index in [4.69, 9.17) is 0 Å². The summed E-state index contributed by atoms with van der Waals surface area (Å²) < 4.78 is 2.38. The molecular formula is C56H38N2. The number of anilines is 3. The van der Waals surface area contributed by atoms with Crippen LogP contribution in [0.5, 0.6) is 0 Å². The van der Waals surface area contributed by atoms with E-state index in [-0.39, 0.29) is 0 Å². The van der Waals surface area contributed by atoms with Gasteiger partial charge >= 0.3 is 0 Å². The maximum atomic E-state index is 2.40. The van der Waals surface area contributed by atoms with E-state index in [2.05, 4.69) is 240 Å². The molecule has 0 aliphatic rings. The first kappa shape index (κ1) is 33.6. The number of para-hydroxylation sites is 3. The highest BCUT2D eigenvalue weighted by molar-refractivity contribution is 6.09. The third kappa shape index (κ3) is 5.74. The molecule has 0 unspecified atom stereocenters. The summed E-state index contributed by atoms with van der Waals surface area (Å²) in [5.41, 5.74) is 14.1. The van der Waals surface area contributed by atoms with Crippen molar-refractivity contribution in [2.24, 2.45) is 0 Å². The van der Waals surface area contributed by atoms with E-state index < -0.39 is 0 Å². The predicted molar refractivity (Wildman–Crippen MR) is 247 cm³/mol. The summed E-state index contributed by atoms with van der Waals surface area (Å²) >= 11 is 0. The van der Waals surface area contributed by atoms with Crippen LogP contribution < -0.4 is 4.90 Å². The highest BCUT2D eigenvalue weighted by Crippen LogP contribution is 2.44. The fourth-order valence-corrected chi connectivity index (χ4v) is 8.86. The molecule has 0 bridgehead atoms. The first-order valence-electron chi connectivity index (χ1n) is 19.9. The van der Waals surface area contributed by atoms with E-state index in [1.165, 1.54) is 76.7 Å². The standard InChI is InChI=1S/C56H38N2/c1-3-17-47-41(13-1)15-11-22-48(47)43-29-27-39(28-30-43)40-31-33-44(34-32-40)57(54-24-8-5-19-51(54)50-23-12-16-42-14-2-4-18-49(42)50)45-35-37-46(38-36-45)58-55-25-9-6-20-52(55)53-21-7-10-26-56(53)58/h1-38H. The Morgan fingerprint density at radius 3 is 1.31 bits per heavy atom. The molecule has 0 radical (unpaired) electrons. The summed E-state index contributed by atoms with van der Waals surface area (Å²) in [4.78, 5) is 2.40. The minimum Gasteiger partial charge on any atom is -0.310 e. The van der Waals surface area contributed by atoms with Gasteiger partial charge in [0, 0.05) is 33.4 Å². The largest absolute Gasteiger partial charge is 0.310 e. The number of benzene rings is 10. The number of aromatic nitrogens is 1. The first-order valence-corrected chi connectivity index (χ1v) is 19.9. The average Bonchev–Trinajstić information content (AvgIpc) is 3.64. The van der Waals surface area contributed by atoms with Crippen molar-refractivity contribution in [3.8, 4) is 39.1 Å². The van der Waals surface area contributed by atoms with Crippen LogP contribution in [-0.2, 0) is 0 Å². The Labute approximate surface area is 338 Å². The summed E-state index contributed by atoms with van der Waals surface area (Å²) in [6, 6.07) is 83.6. The van der Waals surface area contributed by atoms with Crippen molar-refractivity contribution in [3.05, 3.63) is 231 Å². The Morgan fingerprint density at radius 1 is 0.276 bits per heavy atom. The van der Waals surface area contributed by atoms with Gasteiger partial charge in [0.2, 0.25) is 0 Å². The zero-order valence-corrected chi connectivity index (χ0v) is 31.8. The average molecular weight is 739 g/mol. The second-order valence-corrected chi connectivity index (χ2v) is 14.9. The molecule has 272 valence electrons. The Balaban J connectivity index is 1.02. The van der Waals surface area contributed by atoms with Gasteiger partial charge in [0.25, 0.3) is 0 Å². The third-order valence-corrected chi connectivity index (χ3v) is 11.6. The van der Waals surface area contributed by atoms with Gasteiger partial charge in [0.1, 0.15) is 0 Å². The lowest BCUT2D eigenvalue weighted by Gasteiger charge is -2.28. The van der Waals surface area contributed by atoms with Gasteiger partial charge in [0.05, 0.1) is 16.7 Å². The van der Waals surface area contributed by atoms with Crippen LogP contribution in [0.2, 0.25) is 0 Å². The zero-order chi connectivity index (χ0) is 38.4. The quantitative estimate of drug-likeness (QED) is 0.158. The maximum absolute atomic E-state index is 2.40. The van der Waals surface area contributed by atoms with Gasteiger partial charge in [-0.2, -0.15) is 0 Å². The maximum Gasteiger partial charge on any atom is 0.0541 e. The Hall–Kier alpha value is -7.68. The van der Waals surface area contributed by atoms with E-state index in [0.29, 0.717) is 0 Å². The van der Waals surface area contributed by atoms with Crippen molar-refractivity contribution < 1.29 is 0 Å². The lowest BCUT2D eigenvalue weighted by atomic mass is 9.95. The van der Waals surface area contributed by atoms with Crippen molar-refractivity contribution in [2.45, 2.75) is 0 Å². The van der Waals surface area contributed by atoms with E-state index >= 15 is 0 Å². The summed E-state index contributed by atoms with van der Waals surface area (Å²) in [5, 5.41) is 7.52. The number of fused-ring (bicyclic) bond motifs is 5. The van der Waals surface area contributed by atoms with Crippen molar-refractivity contribution in [3.63, 3.8) is 0 Å². The lowest BCUT2D eigenvalue weighted by Crippen LogP contribution is -2.11. The molecule has 0 saturated heterocycles. The number of hydrogen-bond donors (Lipinski definition) is 0. The Morgan fingerprint density at radius 2 is 0.690 bits per heavy atom. The molecular weight excluding hydrogens is 701 g/mol. The number of nitrogens with zero attached hydrogens (tertiary/aromatic N) is 2. The lowest BCUT2D eigenvalue weighted by molar-refractivity contribution is 1.17.